The molecular formula is C25H30FN3O2. The molecule has 164 valence electrons. The maximum absolute atomic E-state index is 13.6. The molecule has 0 spiro atoms. The molecule has 1 N–H and O–H groups in total. The van der Waals surface area contributed by atoms with Crippen LogP contribution in [0.3, 0.4) is 0 Å². The van der Waals surface area contributed by atoms with E-state index in [0.29, 0.717) is 26.2 Å². The zero-order valence-corrected chi connectivity index (χ0v) is 18.4. The molecule has 0 unspecified atom stereocenters. The van der Waals surface area contributed by atoms with Gasteiger partial charge in [-0.15, -0.1) is 0 Å². The number of urea groups is 1. The number of halogens is 1. The number of carbonyl (C=O) groups is 1. The number of aryl methyl sites for hydroxylation is 2. The van der Waals surface area contributed by atoms with Gasteiger partial charge in [0.15, 0.2) is 0 Å². The number of methoxy groups -OCH3 is 1. The fourth-order valence-corrected chi connectivity index (χ4v) is 3.62. The van der Waals surface area contributed by atoms with Crippen molar-refractivity contribution in [1.29, 1.82) is 0 Å². The summed E-state index contributed by atoms with van der Waals surface area (Å²) in [6.07, 6.45) is 2.69. The Morgan fingerprint density at radius 1 is 1.10 bits per heavy atom. The third-order valence-corrected chi connectivity index (χ3v) is 5.30. The molecule has 3 rings (SSSR count). The van der Waals surface area contributed by atoms with Gasteiger partial charge in [-0.1, -0.05) is 30.3 Å². The van der Waals surface area contributed by atoms with Gasteiger partial charge < -0.3 is 19.5 Å². The largest absolute Gasteiger partial charge is 0.385 e. The van der Waals surface area contributed by atoms with Gasteiger partial charge in [0.2, 0.25) is 0 Å². The van der Waals surface area contributed by atoms with Crippen LogP contribution in [0, 0.1) is 19.7 Å². The van der Waals surface area contributed by atoms with Crippen LogP contribution in [0.4, 0.5) is 14.9 Å². The van der Waals surface area contributed by atoms with E-state index in [1.165, 1.54) is 12.1 Å². The first-order chi connectivity index (χ1) is 15.0. The Bertz CT molecular complexity index is 995. The van der Waals surface area contributed by atoms with E-state index in [0.717, 1.165) is 34.5 Å². The summed E-state index contributed by atoms with van der Waals surface area (Å²) in [4.78, 5) is 15.0. The smallest absolute Gasteiger partial charge is 0.322 e. The fourth-order valence-electron chi connectivity index (χ4n) is 3.62. The van der Waals surface area contributed by atoms with Crippen LogP contribution in [0.15, 0.2) is 60.8 Å². The Morgan fingerprint density at radius 3 is 2.55 bits per heavy atom. The van der Waals surface area contributed by atoms with Crippen LogP contribution in [0.1, 0.15) is 28.8 Å². The normalized spacial score (nSPS) is 10.8. The van der Waals surface area contributed by atoms with Crippen LogP contribution in [-0.4, -0.2) is 35.8 Å². The summed E-state index contributed by atoms with van der Waals surface area (Å²) >= 11 is 0. The minimum absolute atomic E-state index is 0.146. The Kier molecular flexibility index (Phi) is 7.84. The molecule has 0 fully saturated rings. The first-order valence-electron chi connectivity index (χ1n) is 10.5. The number of nitrogens with one attached hydrogen (secondary N) is 1. The molecule has 3 aromatic rings. The van der Waals surface area contributed by atoms with Crippen LogP contribution in [0.25, 0.3) is 0 Å². The van der Waals surface area contributed by atoms with Crippen molar-refractivity contribution < 1.29 is 13.9 Å². The molecule has 1 heterocycles. The van der Waals surface area contributed by atoms with Crippen LogP contribution in [0.2, 0.25) is 0 Å². The van der Waals surface area contributed by atoms with Gasteiger partial charge in [0.25, 0.3) is 0 Å². The maximum Gasteiger partial charge on any atom is 0.322 e. The SMILES string of the molecule is COCCCN(Cc1cccn1Cc1cccc(F)c1)C(=O)Nc1c(C)cccc1C. The number of rotatable bonds is 9. The molecule has 0 radical (unpaired) electrons. The summed E-state index contributed by atoms with van der Waals surface area (Å²) in [6, 6.07) is 16.3. The topological polar surface area (TPSA) is 46.5 Å². The van der Waals surface area contributed by atoms with Crippen molar-refractivity contribution in [3.05, 3.63) is 89.0 Å². The molecule has 31 heavy (non-hydrogen) atoms. The lowest BCUT2D eigenvalue weighted by Gasteiger charge is -2.25. The lowest BCUT2D eigenvalue weighted by Crippen LogP contribution is -2.36. The first kappa shape index (κ1) is 22.6. The Labute approximate surface area is 183 Å². The van der Waals surface area contributed by atoms with E-state index in [1.807, 2.05) is 61.0 Å². The van der Waals surface area contributed by atoms with Gasteiger partial charge in [0.1, 0.15) is 5.82 Å². The number of ether oxygens (including phenoxy) is 1. The zero-order chi connectivity index (χ0) is 22.2. The highest BCUT2D eigenvalue weighted by atomic mass is 19.1. The van der Waals surface area contributed by atoms with Crippen molar-refractivity contribution in [2.24, 2.45) is 0 Å². The molecule has 0 aliphatic heterocycles. The number of hydrogen-bond donors (Lipinski definition) is 1. The summed E-state index contributed by atoms with van der Waals surface area (Å²) in [6.45, 7) is 6.12. The zero-order valence-electron chi connectivity index (χ0n) is 18.4. The van der Waals surface area contributed by atoms with E-state index in [4.69, 9.17) is 4.74 Å². The van der Waals surface area contributed by atoms with Crippen molar-refractivity contribution in [2.75, 3.05) is 25.6 Å². The van der Waals surface area contributed by atoms with Gasteiger partial charge in [-0.25, -0.2) is 9.18 Å². The predicted molar refractivity (Wildman–Crippen MR) is 122 cm³/mol. The molecule has 2 amide bonds. The second-order valence-electron chi connectivity index (χ2n) is 7.72. The first-order valence-corrected chi connectivity index (χ1v) is 10.5. The van der Waals surface area contributed by atoms with E-state index in [-0.39, 0.29) is 11.8 Å². The number of carbonyl (C=O) groups excluding carboxylic acids is 1. The summed E-state index contributed by atoms with van der Waals surface area (Å²) in [5.41, 5.74) is 4.76. The highest BCUT2D eigenvalue weighted by Gasteiger charge is 2.17. The third kappa shape index (κ3) is 6.18. The number of nitrogens with zero attached hydrogens (tertiary/aromatic N) is 2. The molecule has 0 bridgehead atoms. The molecule has 0 atom stereocenters. The van der Waals surface area contributed by atoms with Gasteiger partial charge in [0.05, 0.1) is 6.54 Å². The van der Waals surface area contributed by atoms with Crippen LogP contribution in [-0.2, 0) is 17.8 Å². The van der Waals surface area contributed by atoms with Crippen molar-refractivity contribution in [2.45, 2.75) is 33.4 Å². The van der Waals surface area contributed by atoms with Crippen molar-refractivity contribution in [1.82, 2.24) is 9.47 Å². The average molecular weight is 424 g/mol. The lowest BCUT2D eigenvalue weighted by molar-refractivity contribution is 0.171. The number of hydrogen-bond acceptors (Lipinski definition) is 2. The molecule has 0 saturated carbocycles. The predicted octanol–water partition coefficient (Wildman–Crippen LogP) is 5.36. The Morgan fingerprint density at radius 2 is 1.84 bits per heavy atom. The number of amides is 2. The number of benzene rings is 2. The number of para-hydroxylation sites is 1. The average Bonchev–Trinajstić information content (AvgIpc) is 3.16. The van der Waals surface area contributed by atoms with Gasteiger partial charge in [-0.2, -0.15) is 0 Å². The quantitative estimate of drug-likeness (QED) is 0.471. The number of aromatic nitrogens is 1. The molecular weight excluding hydrogens is 393 g/mol. The molecule has 0 aliphatic rings. The minimum Gasteiger partial charge on any atom is -0.385 e. The lowest BCUT2D eigenvalue weighted by atomic mass is 10.1. The van der Waals surface area contributed by atoms with Crippen LogP contribution < -0.4 is 5.32 Å². The molecule has 5 nitrogen and oxygen atoms in total. The van der Waals surface area contributed by atoms with E-state index in [1.54, 1.807) is 18.1 Å². The second kappa shape index (κ2) is 10.8. The monoisotopic (exact) mass is 423 g/mol. The van der Waals surface area contributed by atoms with Crippen molar-refractivity contribution >= 4 is 11.7 Å². The molecule has 0 aliphatic carbocycles. The molecule has 0 saturated heterocycles. The summed E-state index contributed by atoms with van der Waals surface area (Å²) in [7, 11) is 1.66. The van der Waals surface area contributed by atoms with Gasteiger partial charge in [-0.05, 0) is 61.2 Å². The van der Waals surface area contributed by atoms with E-state index in [9.17, 15) is 9.18 Å². The fraction of sp³-hybridized carbons (Fsp3) is 0.320. The van der Waals surface area contributed by atoms with Crippen LogP contribution >= 0.6 is 0 Å². The highest BCUT2D eigenvalue weighted by molar-refractivity contribution is 5.91. The number of anilines is 1. The molecule has 6 heteroatoms. The Hall–Kier alpha value is -3.12. The van der Waals surface area contributed by atoms with Gasteiger partial charge >= 0.3 is 6.03 Å². The highest BCUT2D eigenvalue weighted by Crippen LogP contribution is 2.21. The van der Waals surface area contributed by atoms with E-state index in [2.05, 4.69) is 5.32 Å². The maximum atomic E-state index is 13.6. The third-order valence-electron chi connectivity index (χ3n) is 5.30. The van der Waals surface area contributed by atoms with E-state index >= 15 is 0 Å². The van der Waals surface area contributed by atoms with Crippen molar-refractivity contribution in [3.8, 4) is 0 Å². The second-order valence-corrected chi connectivity index (χ2v) is 7.72. The molecule has 2 aromatic carbocycles. The van der Waals surface area contributed by atoms with Crippen molar-refractivity contribution in [3.63, 3.8) is 0 Å². The molecule has 1 aromatic heterocycles. The summed E-state index contributed by atoms with van der Waals surface area (Å²) in [5, 5.41) is 3.08. The van der Waals surface area contributed by atoms with Gasteiger partial charge in [-0.3, -0.25) is 0 Å². The summed E-state index contributed by atoms with van der Waals surface area (Å²) < 4.78 is 20.8. The Balaban J connectivity index is 1.77. The van der Waals surface area contributed by atoms with Crippen LogP contribution in [0.5, 0.6) is 0 Å². The summed E-state index contributed by atoms with van der Waals surface area (Å²) in [5.74, 6) is -0.250. The standard InChI is InChI=1S/C25H30FN3O2/c1-19-8-4-9-20(2)24(19)27-25(30)29(14-7-15-31-3)18-23-12-6-13-28(23)17-21-10-5-11-22(26)16-21/h4-6,8-13,16H,7,14-15,17-18H2,1-3H3,(H,27,30). The van der Waals surface area contributed by atoms with E-state index < -0.39 is 0 Å². The minimum atomic E-state index is -0.250. The van der Waals surface area contributed by atoms with Gasteiger partial charge in [0, 0.05) is 44.4 Å².